The molecular weight excluding hydrogens is 241 g/mol. The molecule has 0 aliphatic heterocycles. The number of rotatable bonds is 2. The highest BCUT2D eigenvalue weighted by Crippen LogP contribution is 2.19. The highest BCUT2D eigenvalue weighted by atomic mass is 79.9. The van der Waals surface area contributed by atoms with Crippen LogP contribution in [0.15, 0.2) is 22.7 Å². The molecule has 4 heteroatoms. The Morgan fingerprint density at radius 2 is 2.25 bits per heavy atom. The van der Waals surface area contributed by atoms with E-state index in [9.17, 15) is 4.79 Å². The average molecular weight is 249 g/mol. The fourth-order valence-corrected chi connectivity index (χ4v) is 1.35. The minimum Gasteiger partial charge on any atom is -0.398 e. The van der Waals surface area contributed by atoms with Crippen LogP contribution in [0.25, 0.3) is 0 Å². The lowest BCUT2D eigenvalue weighted by Gasteiger charge is -2.02. The van der Waals surface area contributed by atoms with Gasteiger partial charge in [0.1, 0.15) is 0 Å². The number of nitrogens with two attached hydrogens (primary N) is 1. The van der Waals surface area contributed by atoms with Crippen LogP contribution in [0.4, 0.5) is 5.69 Å². The lowest BCUT2D eigenvalue weighted by atomic mass is 10.1. The first-order chi connectivity index (χ1) is 5.65. The Kier molecular flexibility index (Phi) is 3.12. The van der Waals surface area contributed by atoms with Crippen LogP contribution in [0.2, 0.25) is 0 Å². The van der Waals surface area contributed by atoms with E-state index in [1.54, 1.807) is 18.2 Å². The van der Waals surface area contributed by atoms with Gasteiger partial charge in [-0.05, 0) is 18.2 Å². The first kappa shape index (κ1) is 9.55. The third-order valence-corrected chi connectivity index (χ3v) is 2.17. The Balaban J connectivity index is 3.13. The Morgan fingerprint density at radius 1 is 1.58 bits per heavy atom. The molecule has 0 fully saturated rings. The summed E-state index contributed by atoms with van der Waals surface area (Å²) in [4.78, 5) is 11.2. The third kappa shape index (κ3) is 1.99. The maximum absolute atomic E-state index is 11.2. The zero-order valence-electron chi connectivity index (χ0n) is 6.18. The van der Waals surface area contributed by atoms with Crippen LogP contribution in [0.1, 0.15) is 10.4 Å². The normalized spacial score (nSPS) is 9.83. The molecule has 0 radical (unpaired) electrons. The van der Waals surface area contributed by atoms with E-state index < -0.39 is 0 Å². The number of hydrogen-bond donors (Lipinski definition) is 1. The van der Waals surface area contributed by atoms with E-state index in [0.717, 1.165) is 4.47 Å². The molecule has 0 aliphatic carbocycles. The van der Waals surface area contributed by atoms with Gasteiger partial charge < -0.3 is 5.73 Å². The fraction of sp³-hybridized carbons (Fsp3) is 0.125. The molecule has 0 saturated carbocycles. The summed E-state index contributed by atoms with van der Waals surface area (Å²) in [6.45, 7) is 0. The molecule has 0 saturated heterocycles. The number of alkyl halides is 1. The molecule has 2 nitrogen and oxygen atoms in total. The summed E-state index contributed by atoms with van der Waals surface area (Å²) in [5, 5.41) is 0. The first-order valence-electron chi connectivity index (χ1n) is 3.29. The maximum atomic E-state index is 11.2. The Morgan fingerprint density at radius 3 is 2.83 bits per heavy atom. The van der Waals surface area contributed by atoms with Crippen LogP contribution >= 0.6 is 27.5 Å². The van der Waals surface area contributed by atoms with Crippen molar-refractivity contribution in [2.75, 3.05) is 11.6 Å². The number of nitrogen functional groups attached to an aromatic ring is 1. The Labute approximate surface area is 83.8 Å². The van der Waals surface area contributed by atoms with Crippen LogP contribution in [-0.2, 0) is 0 Å². The number of carbonyl (C=O) groups excluding carboxylic acids is 1. The minimum absolute atomic E-state index is 0.0410. The SMILES string of the molecule is Nc1ccc(Br)cc1C(=O)CCl. The van der Waals surface area contributed by atoms with Gasteiger partial charge in [-0.1, -0.05) is 15.9 Å². The summed E-state index contributed by atoms with van der Waals surface area (Å²) in [6, 6.07) is 5.12. The molecule has 2 N–H and O–H groups in total. The summed E-state index contributed by atoms with van der Waals surface area (Å²) in [5.74, 6) is -0.198. The summed E-state index contributed by atoms with van der Waals surface area (Å²) in [6.07, 6.45) is 0. The molecule has 1 rings (SSSR count). The largest absolute Gasteiger partial charge is 0.398 e. The van der Waals surface area contributed by atoms with Gasteiger partial charge in [0.2, 0.25) is 0 Å². The van der Waals surface area contributed by atoms with Crippen molar-refractivity contribution in [3.8, 4) is 0 Å². The van der Waals surface area contributed by atoms with Crippen molar-refractivity contribution in [3.05, 3.63) is 28.2 Å². The zero-order valence-corrected chi connectivity index (χ0v) is 8.52. The van der Waals surface area contributed by atoms with E-state index in [0.29, 0.717) is 11.3 Å². The van der Waals surface area contributed by atoms with E-state index >= 15 is 0 Å². The van der Waals surface area contributed by atoms with Crippen molar-refractivity contribution in [2.45, 2.75) is 0 Å². The molecule has 64 valence electrons. The molecular formula is C8H7BrClNO. The quantitative estimate of drug-likeness (QED) is 0.496. The average Bonchev–Trinajstić information content (AvgIpc) is 2.08. The summed E-state index contributed by atoms with van der Waals surface area (Å²) >= 11 is 8.63. The Bertz CT molecular complexity index is 314. The van der Waals surface area contributed by atoms with Gasteiger partial charge >= 0.3 is 0 Å². The molecule has 0 unspecified atom stereocenters. The standard InChI is InChI=1S/C8H7BrClNO/c9-5-1-2-7(11)6(3-5)8(12)4-10/h1-3H,4,11H2. The molecule has 0 spiro atoms. The molecule has 0 amide bonds. The van der Waals surface area contributed by atoms with Gasteiger partial charge in [0.15, 0.2) is 5.78 Å². The van der Waals surface area contributed by atoms with Crippen LogP contribution in [0, 0.1) is 0 Å². The number of ketones is 1. The van der Waals surface area contributed by atoms with Crippen LogP contribution in [-0.4, -0.2) is 11.7 Å². The summed E-state index contributed by atoms with van der Waals surface area (Å²) in [5.41, 5.74) is 6.50. The predicted molar refractivity (Wildman–Crippen MR) is 53.6 cm³/mol. The maximum Gasteiger partial charge on any atom is 0.179 e. The number of halogens is 2. The number of carbonyl (C=O) groups is 1. The van der Waals surface area contributed by atoms with Crippen molar-refractivity contribution >= 4 is 39.0 Å². The van der Waals surface area contributed by atoms with Gasteiger partial charge in [0, 0.05) is 15.7 Å². The van der Waals surface area contributed by atoms with Crippen molar-refractivity contribution < 1.29 is 4.79 Å². The summed E-state index contributed by atoms with van der Waals surface area (Å²) in [7, 11) is 0. The third-order valence-electron chi connectivity index (χ3n) is 1.44. The van der Waals surface area contributed by atoms with Gasteiger partial charge in [0.25, 0.3) is 0 Å². The monoisotopic (exact) mass is 247 g/mol. The van der Waals surface area contributed by atoms with Crippen LogP contribution in [0.5, 0.6) is 0 Å². The molecule has 1 aromatic carbocycles. The van der Waals surface area contributed by atoms with Crippen molar-refractivity contribution in [3.63, 3.8) is 0 Å². The van der Waals surface area contributed by atoms with Gasteiger partial charge in [0.05, 0.1) is 5.88 Å². The molecule has 1 aromatic rings. The molecule has 0 heterocycles. The van der Waals surface area contributed by atoms with Crippen molar-refractivity contribution in [1.29, 1.82) is 0 Å². The van der Waals surface area contributed by atoms with Crippen molar-refractivity contribution in [1.82, 2.24) is 0 Å². The highest BCUT2D eigenvalue weighted by Gasteiger charge is 2.07. The number of hydrogen-bond acceptors (Lipinski definition) is 2. The van der Waals surface area contributed by atoms with Gasteiger partial charge in [-0.15, -0.1) is 11.6 Å². The Hall–Kier alpha value is -0.540. The van der Waals surface area contributed by atoms with E-state index in [2.05, 4.69) is 15.9 Å². The minimum atomic E-state index is -0.157. The second kappa shape index (κ2) is 3.92. The number of anilines is 1. The van der Waals surface area contributed by atoms with E-state index in [1.165, 1.54) is 0 Å². The lowest BCUT2D eigenvalue weighted by molar-refractivity contribution is 0.102. The topological polar surface area (TPSA) is 43.1 Å². The number of benzene rings is 1. The predicted octanol–water partition coefficient (Wildman–Crippen LogP) is 2.45. The summed E-state index contributed by atoms with van der Waals surface area (Å²) < 4.78 is 0.824. The van der Waals surface area contributed by atoms with E-state index in [4.69, 9.17) is 17.3 Å². The van der Waals surface area contributed by atoms with Gasteiger partial charge in [-0.3, -0.25) is 4.79 Å². The zero-order chi connectivity index (χ0) is 9.14. The molecule has 0 bridgehead atoms. The molecule has 12 heavy (non-hydrogen) atoms. The van der Waals surface area contributed by atoms with Gasteiger partial charge in [-0.25, -0.2) is 0 Å². The number of Topliss-reactive ketones (excluding diaryl/α,β-unsaturated/α-hetero) is 1. The van der Waals surface area contributed by atoms with E-state index in [-0.39, 0.29) is 11.7 Å². The second-order valence-electron chi connectivity index (χ2n) is 2.29. The molecule has 0 atom stereocenters. The molecule has 0 aliphatic rings. The van der Waals surface area contributed by atoms with Crippen LogP contribution in [0.3, 0.4) is 0 Å². The van der Waals surface area contributed by atoms with Crippen LogP contribution < -0.4 is 5.73 Å². The molecule has 0 aromatic heterocycles. The van der Waals surface area contributed by atoms with E-state index in [1.807, 2.05) is 0 Å². The van der Waals surface area contributed by atoms with Crippen molar-refractivity contribution in [2.24, 2.45) is 0 Å². The second-order valence-corrected chi connectivity index (χ2v) is 3.47. The highest BCUT2D eigenvalue weighted by molar-refractivity contribution is 9.10. The van der Waals surface area contributed by atoms with Gasteiger partial charge in [-0.2, -0.15) is 0 Å². The smallest absolute Gasteiger partial charge is 0.179 e. The fourth-order valence-electron chi connectivity index (χ4n) is 0.842. The lowest BCUT2D eigenvalue weighted by Crippen LogP contribution is -2.04. The first-order valence-corrected chi connectivity index (χ1v) is 4.62.